The van der Waals surface area contributed by atoms with Crippen LogP contribution in [0.3, 0.4) is 0 Å². The third kappa shape index (κ3) is 2.90. The molecule has 1 saturated heterocycles. The van der Waals surface area contributed by atoms with Gasteiger partial charge in [0.1, 0.15) is 6.61 Å². The van der Waals surface area contributed by atoms with Crippen LogP contribution in [0.15, 0.2) is 17.2 Å². The molecule has 5 nitrogen and oxygen atoms in total. The lowest BCUT2D eigenvalue weighted by Gasteiger charge is -2.22. The zero-order valence-corrected chi connectivity index (χ0v) is 11.3. The Kier molecular flexibility index (Phi) is 3.71. The van der Waals surface area contributed by atoms with Crippen LogP contribution >= 0.6 is 0 Å². The monoisotopic (exact) mass is 251 g/mol. The van der Waals surface area contributed by atoms with Crippen LogP contribution < -0.4 is 15.6 Å². The highest BCUT2D eigenvalue weighted by molar-refractivity contribution is 5.06. The van der Waals surface area contributed by atoms with Crippen molar-refractivity contribution in [3.63, 3.8) is 0 Å². The second-order valence-corrected chi connectivity index (χ2v) is 5.68. The van der Waals surface area contributed by atoms with Crippen molar-refractivity contribution in [3.8, 4) is 5.88 Å². The van der Waals surface area contributed by atoms with Crippen LogP contribution in [0.2, 0.25) is 0 Å². The Hall–Kier alpha value is -1.36. The minimum absolute atomic E-state index is 0.164. The van der Waals surface area contributed by atoms with Crippen molar-refractivity contribution in [2.45, 2.75) is 45.2 Å². The Bertz CT molecular complexity index is 456. The molecule has 1 atom stereocenters. The summed E-state index contributed by atoms with van der Waals surface area (Å²) in [5.41, 5.74) is -0.424. The summed E-state index contributed by atoms with van der Waals surface area (Å²) in [4.78, 5) is 16.2. The van der Waals surface area contributed by atoms with E-state index in [9.17, 15) is 4.79 Å². The first-order valence-corrected chi connectivity index (χ1v) is 6.43. The molecule has 0 saturated carbocycles. The molecule has 1 aliphatic rings. The Morgan fingerprint density at radius 1 is 1.56 bits per heavy atom. The van der Waals surface area contributed by atoms with Crippen molar-refractivity contribution in [3.05, 3.63) is 22.7 Å². The molecular weight excluding hydrogens is 230 g/mol. The molecule has 0 aromatic carbocycles. The molecule has 100 valence electrons. The summed E-state index contributed by atoms with van der Waals surface area (Å²) in [6, 6.07) is 0.342. The summed E-state index contributed by atoms with van der Waals surface area (Å²) in [6.07, 6.45) is 5.58. The summed E-state index contributed by atoms with van der Waals surface area (Å²) < 4.78 is 7.20. The highest BCUT2D eigenvalue weighted by Gasteiger charge is 2.19. The van der Waals surface area contributed by atoms with Gasteiger partial charge in [0.05, 0.1) is 0 Å². The van der Waals surface area contributed by atoms with Gasteiger partial charge in [0, 0.05) is 24.0 Å². The molecule has 18 heavy (non-hydrogen) atoms. The van der Waals surface area contributed by atoms with E-state index in [1.807, 2.05) is 20.8 Å². The molecule has 0 spiro atoms. The molecule has 1 aliphatic heterocycles. The van der Waals surface area contributed by atoms with Crippen LogP contribution in [-0.4, -0.2) is 28.7 Å². The maximum absolute atomic E-state index is 12.2. The minimum Gasteiger partial charge on any atom is -0.472 e. The average Bonchev–Trinajstić information content (AvgIpc) is 2.79. The number of ether oxygens (including phenoxy) is 1. The van der Waals surface area contributed by atoms with Crippen molar-refractivity contribution >= 4 is 0 Å². The molecule has 1 fully saturated rings. The van der Waals surface area contributed by atoms with Crippen molar-refractivity contribution in [2.75, 3.05) is 13.2 Å². The van der Waals surface area contributed by atoms with E-state index in [0.717, 1.165) is 13.0 Å². The van der Waals surface area contributed by atoms with Gasteiger partial charge in [0.15, 0.2) is 0 Å². The van der Waals surface area contributed by atoms with E-state index in [2.05, 4.69) is 10.3 Å². The summed E-state index contributed by atoms with van der Waals surface area (Å²) >= 11 is 0. The Morgan fingerprint density at radius 3 is 2.94 bits per heavy atom. The van der Waals surface area contributed by atoms with E-state index in [1.165, 1.54) is 6.42 Å². The Balaban J connectivity index is 2.11. The molecule has 1 unspecified atom stereocenters. The van der Waals surface area contributed by atoms with E-state index >= 15 is 0 Å². The number of hydrogen-bond donors (Lipinski definition) is 1. The molecule has 1 aromatic rings. The fraction of sp³-hybridized carbons (Fsp3) is 0.692. The van der Waals surface area contributed by atoms with Crippen LogP contribution in [0.25, 0.3) is 0 Å². The van der Waals surface area contributed by atoms with E-state index in [1.54, 1.807) is 17.0 Å². The quantitative estimate of drug-likeness (QED) is 0.875. The summed E-state index contributed by atoms with van der Waals surface area (Å²) in [5.74, 6) is 0.195. The predicted molar refractivity (Wildman–Crippen MR) is 70.0 cm³/mol. The molecule has 0 amide bonds. The Morgan fingerprint density at radius 2 is 2.33 bits per heavy atom. The maximum Gasteiger partial charge on any atom is 0.313 e. The third-order valence-electron chi connectivity index (χ3n) is 3.12. The second kappa shape index (κ2) is 5.10. The van der Waals surface area contributed by atoms with Gasteiger partial charge in [0.25, 0.3) is 5.88 Å². The lowest BCUT2D eigenvalue weighted by Crippen LogP contribution is -2.36. The van der Waals surface area contributed by atoms with E-state index in [0.29, 0.717) is 12.6 Å². The highest BCUT2D eigenvalue weighted by Crippen LogP contribution is 2.12. The van der Waals surface area contributed by atoms with Crippen molar-refractivity contribution in [1.29, 1.82) is 0 Å². The summed E-state index contributed by atoms with van der Waals surface area (Å²) in [6.45, 7) is 7.49. The van der Waals surface area contributed by atoms with Gasteiger partial charge < -0.3 is 14.6 Å². The predicted octanol–water partition coefficient (Wildman–Crippen LogP) is 1.13. The second-order valence-electron chi connectivity index (χ2n) is 5.68. The first-order valence-electron chi connectivity index (χ1n) is 6.43. The molecule has 1 aromatic heterocycles. The van der Waals surface area contributed by atoms with Gasteiger partial charge >= 0.3 is 5.56 Å². The van der Waals surface area contributed by atoms with Gasteiger partial charge in [-0.2, -0.15) is 0 Å². The summed E-state index contributed by atoms with van der Waals surface area (Å²) in [5, 5.41) is 3.33. The normalized spacial score (nSPS) is 20.1. The molecule has 2 rings (SSSR count). The fourth-order valence-corrected chi connectivity index (χ4v) is 2.10. The average molecular weight is 251 g/mol. The molecule has 2 heterocycles. The van der Waals surface area contributed by atoms with Crippen molar-refractivity contribution < 1.29 is 4.74 Å². The largest absolute Gasteiger partial charge is 0.472 e. The van der Waals surface area contributed by atoms with E-state index in [-0.39, 0.29) is 17.0 Å². The van der Waals surface area contributed by atoms with Gasteiger partial charge in [-0.25, -0.2) is 4.98 Å². The topological polar surface area (TPSA) is 56.1 Å². The molecule has 0 aliphatic carbocycles. The minimum atomic E-state index is -0.260. The van der Waals surface area contributed by atoms with Gasteiger partial charge in [-0.3, -0.25) is 4.79 Å². The van der Waals surface area contributed by atoms with Crippen LogP contribution in [-0.2, 0) is 5.54 Å². The van der Waals surface area contributed by atoms with Crippen LogP contribution in [0.5, 0.6) is 5.88 Å². The SMILES string of the molecule is CC(C)(C)n1ccnc(OCC2CCCN2)c1=O. The van der Waals surface area contributed by atoms with Gasteiger partial charge in [0.2, 0.25) is 0 Å². The van der Waals surface area contributed by atoms with Crippen LogP contribution in [0, 0.1) is 0 Å². The number of nitrogens with one attached hydrogen (secondary N) is 1. The zero-order chi connectivity index (χ0) is 13.2. The summed E-state index contributed by atoms with van der Waals surface area (Å²) in [7, 11) is 0. The molecule has 0 radical (unpaired) electrons. The lowest BCUT2D eigenvalue weighted by atomic mass is 10.1. The number of hydrogen-bond acceptors (Lipinski definition) is 4. The van der Waals surface area contributed by atoms with E-state index in [4.69, 9.17) is 4.74 Å². The third-order valence-corrected chi connectivity index (χ3v) is 3.12. The Labute approximate surface area is 107 Å². The fourth-order valence-electron chi connectivity index (χ4n) is 2.10. The highest BCUT2D eigenvalue weighted by atomic mass is 16.5. The van der Waals surface area contributed by atoms with Gasteiger partial charge in [-0.15, -0.1) is 0 Å². The van der Waals surface area contributed by atoms with Crippen LogP contribution in [0.1, 0.15) is 33.6 Å². The number of aromatic nitrogens is 2. The standard InChI is InChI=1S/C13H21N3O2/c1-13(2,3)16-8-7-15-11(12(16)17)18-9-10-5-4-6-14-10/h7-8,10,14H,4-6,9H2,1-3H3. The zero-order valence-electron chi connectivity index (χ0n) is 11.3. The van der Waals surface area contributed by atoms with E-state index < -0.39 is 0 Å². The number of nitrogens with zero attached hydrogens (tertiary/aromatic N) is 2. The van der Waals surface area contributed by atoms with Crippen molar-refractivity contribution in [2.24, 2.45) is 0 Å². The van der Waals surface area contributed by atoms with Gasteiger partial charge in [-0.1, -0.05) is 0 Å². The molecule has 1 N–H and O–H groups in total. The first-order chi connectivity index (χ1) is 8.48. The van der Waals surface area contributed by atoms with Crippen molar-refractivity contribution in [1.82, 2.24) is 14.9 Å². The maximum atomic E-state index is 12.2. The molecule has 0 bridgehead atoms. The van der Waals surface area contributed by atoms with Gasteiger partial charge in [-0.05, 0) is 40.2 Å². The molecular formula is C13H21N3O2. The number of rotatable bonds is 3. The lowest BCUT2D eigenvalue weighted by molar-refractivity contribution is 0.256. The first kappa shape index (κ1) is 13.1. The van der Waals surface area contributed by atoms with Crippen LogP contribution in [0.4, 0.5) is 0 Å². The molecule has 5 heteroatoms. The smallest absolute Gasteiger partial charge is 0.313 e.